The van der Waals surface area contributed by atoms with E-state index in [0.717, 1.165) is 81.6 Å². The lowest BCUT2D eigenvalue weighted by atomic mass is 9.75. The van der Waals surface area contributed by atoms with Crippen molar-refractivity contribution < 1.29 is 9.59 Å². The fourth-order valence-electron chi connectivity index (χ4n) is 6.95. The van der Waals surface area contributed by atoms with Crippen molar-refractivity contribution in [1.29, 1.82) is 0 Å². The Morgan fingerprint density at radius 1 is 0.851 bits per heavy atom. The lowest BCUT2D eigenvalue weighted by molar-refractivity contribution is 0.109. The molecule has 0 radical (unpaired) electrons. The van der Waals surface area contributed by atoms with Gasteiger partial charge in [0.1, 0.15) is 0 Å². The highest BCUT2D eigenvalue weighted by atomic mass is 16.1. The third-order valence-corrected chi connectivity index (χ3v) is 10.4. The van der Waals surface area contributed by atoms with E-state index in [9.17, 15) is 9.59 Å². The van der Waals surface area contributed by atoms with E-state index in [1.165, 1.54) is 22.3 Å². The lowest BCUT2D eigenvalue weighted by Crippen LogP contribution is -2.50. The van der Waals surface area contributed by atoms with Gasteiger partial charge in [0.2, 0.25) is 5.95 Å². The van der Waals surface area contributed by atoms with Crippen LogP contribution in [0.15, 0.2) is 79.0 Å². The van der Waals surface area contributed by atoms with Crippen LogP contribution in [0.1, 0.15) is 82.3 Å². The molecule has 1 unspecified atom stereocenters. The molecule has 7 nitrogen and oxygen atoms in total. The van der Waals surface area contributed by atoms with Gasteiger partial charge in [0, 0.05) is 65.8 Å². The van der Waals surface area contributed by atoms with Crippen LogP contribution in [0, 0.1) is 5.92 Å². The Bertz CT molecular complexity index is 1680. The quantitative estimate of drug-likeness (QED) is 0.173. The van der Waals surface area contributed by atoms with Crippen LogP contribution in [-0.4, -0.2) is 66.2 Å². The zero-order chi connectivity index (χ0) is 33.0. The topological polar surface area (TPSA) is 78.4 Å². The molecule has 1 aromatic heterocycles. The smallest absolute Gasteiger partial charge is 0.225 e. The predicted molar refractivity (Wildman–Crippen MR) is 190 cm³/mol. The van der Waals surface area contributed by atoms with E-state index in [0.29, 0.717) is 29.1 Å². The molecule has 2 aliphatic rings. The van der Waals surface area contributed by atoms with Gasteiger partial charge in [-0.05, 0) is 98.5 Å². The Labute approximate surface area is 279 Å². The molecule has 0 bridgehead atoms. The zero-order valence-electron chi connectivity index (χ0n) is 28.2. The summed E-state index contributed by atoms with van der Waals surface area (Å²) >= 11 is 0. The number of likely N-dealkylation sites (N-methyl/N-ethyl adjacent to an activating group) is 1. The Morgan fingerprint density at radius 2 is 1.53 bits per heavy atom. The van der Waals surface area contributed by atoms with E-state index >= 15 is 0 Å². The van der Waals surface area contributed by atoms with Gasteiger partial charge in [0.05, 0.1) is 0 Å². The third kappa shape index (κ3) is 7.62. The molecule has 6 rings (SSSR count). The molecule has 1 saturated carbocycles. The van der Waals surface area contributed by atoms with Crippen molar-refractivity contribution in [3.63, 3.8) is 0 Å². The molecule has 7 heteroatoms. The number of hydrogen-bond donors (Lipinski definition) is 1. The van der Waals surface area contributed by atoms with Gasteiger partial charge in [0.25, 0.3) is 0 Å². The standard InChI is InChI=1S/C40H47N5O2/c1-28-25-45(20-19-44(28)4)39-41-18-17-36(43-39)15-9-29-5-11-34(12-6-29)40(2,3)35-13-7-30(8-14-35)21-31-22-38(23-31)42-37-16-10-32(26-46)33(24-37)27-47/h5-8,10-14,16-18,24,26-28,31,38,42H,9,15,19-23,25H2,1-4H3. The van der Waals surface area contributed by atoms with Gasteiger partial charge < -0.3 is 15.1 Å². The van der Waals surface area contributed by atoms with Crippen molar-refractivity contribution in [1.82, 2.24) is 14.9 Å². The molecule has 1 saturated heterocycles. The Balaban J connectivity index is 0.990. The van der Waals surface area contributed by atoms with Gasteiger partial charge in [-0.2, -0.15) is 0 Å². The number of anilines is 2. The summed E-state index contributed by atoms with van der Waals surface area (Å²) in [4.78, 5) is 36.6. The molecule has 244 valence electrons. The number of nitrogens with zero attached hydrogens (tertiary/aromatic N) is 4. The normalized spacial score (nSPS) is 20.0. The Morgan fingerprint density at radius 3 is 2.19 bits per heavy atom. The van der Waals surface area contributed by atoms with Crippen LogP contribution in [0.5, 0.6) is 0 Å². The van der Waals surface area contributed by atoms with Gasteiger partial charge in [-0.3, -0.25) is 9.59 Å². The summed E-state index contributed by atoms with van der Waals surface area (Å²) in [5.74, 6) is 1.50. The highest BCUT2D eigenvalue weighted by molar-refractivity contribution is 5.91. The molecule has 3 aromatic carbocycles. The van der Waals surface area contributed by atoms with Gasteiger partial charge in [-0.15, -0.1) is 0 Å². The van der Waals surface area contributed by atoms with Gasteiger partial charge in [0.15, 0.2) is 12.6 Å². The SMILES string of the molecule is CC1CN(c2nccc(CCc3ccc(C(C)(C)c4ccc(CC5CC(Nc6ccc(C=O)c(C=O)c6)C5)cc4)cc3)n2)CCN1C. The number of piperazine rings is 1. The number of carbonyl (C=O) groups is 2. The molecule has 0 spiro atoms. The second-order valence-corrected chi connectivity index (χ2v) is 14.1. The summed E-state index contributed by atoms with van der Waals surface area (Å²) in [5, 5.41) is 3.52. The molecule has 1 aliphatic heterocycles. The van der Waals surface area contributed by atoms with Crippen molar-refractivity contribution in [3.8, 4) is 0 Å². The first-order chi connectivity index (χ1) is 22.7. The molecule has 1 aliphatic carbocycles. The molecular weight excluding hydrogens is 582 g/mol. The van der Waals surface area contributed by atoms with E-state index in [1.807, 2.05) is 18.3 Å². The summed E-state index contributed by atoms with van der Waals surface area (Å²) in [6, 6.07) is 26.6. The van der Waals surface area contributed by atoms with Crippen LogP contribution >= 0.6 is 0 Å². The number of carbonyl (C=O) groups excluding carboxylic acids is 2. The first-order valence-corrected chi connectivity index (χ1v) is 17.0. The molecule has 1 atom stereocenters. The average molecular weight is 630 g/mol. The lowest BCUT2D eigenvalue weighted by Gasteiger charge is -2.37. The highest BCUT2D eigenvalue weighted by Gasteiger charge is 2.30. The zero-order valence-corrected chi connectivity index (χ0v) is 28.2. The molecule has 2 fully saturated rings. The van der Waals surface area contributed by atoms with Crippen LogP contribution in [0.2, 0.25) is 0 Å². The van der Waals surface area contributed by atoms with E-state index < -0.39 is 0 Å². The minimum Gasteiger partial charge on any atom is -0.382 e. The number of aromatic nitrogens is 2. The first kappa shape index (κ1) is 32.6. The van der Waals surface area contributed by atoms with Gasteiger partial charge in [-0.25, -0.2) is 9.97 Å². The minimum absolute atomic E-state index is 0.0937. The van der Waals surface area contributed by atoms with E-state index in [-0.39, 0.29) is 5.41 Å². The molecule has 1 N–H and O–H groups in total. The molecular formula is C40H47N5O2. The Kier molecular flexibility index (Phi) is 9.83. The second kappa shape index (κ2) is 14.2. The van der Waals surface area contributed by atoms with Crippen LogP contribution in [0.4, 0.5) is 11.6 Å². The third-order valence-electron chi connectivity index (χ3n) is 10.4. The van der Waals surface area contributed by atoms with E-state index in [1.54, 1.807) is 12.1 Å². The van der Waals surface area contributed by atoms with Gasteiger partial charge >= 0.3 is 0 Å². The van der Waals surface area contributed by atoms with Crippen molar-refractivity contribution in [3.05, 3.63) is 118 Å². The van der Waals surface area contributed by atoms with Gasteiger partial charge in [-0.1, -0.05) is 62.4 Å². The summed E-state index contributed by atoms with van der Waals surface area (Å²) < 4.78 is 0. The predicted octanol–water partition coefficient (Wildman–Crippen LogP) is 6.79. The first-order valence-electron chi connectivity index (χ1n) is 17.0. The maximum Gasteiger partial charge on any atom is 0.225 e. The Hall–Kier alpha value is -4.36. The van der Waals surface area contributed by atoms with E-state index in [2.05, 4.69) is 96.5 Å². The summed E-state index contributed by atoms with van der Waals surface area (Å²) in [5.41, 5.74) is 8.09. The fourth-order valence-corrected chi connectivity index (χ4v) is 6.95. The molecule has 0 amide bonds. The van der Waals surface area contributed by atoms with Crippen molar-refractivity contribution in [2.75, 3.05) is 36.9 Å². The van der Waals surface area contributed by atoms with Crippen LogP contribution < -0.4 is 10.2 Å². The number of aldehydes is 2. The minimum atomic E-state index is -0.0937. The number of benzene rings is 3. The van der Waals surface area contributed by atoms with Crippen LogP contribution in [0.3, 0.4) is 0 Å². The maximum absolute atomic E-state index is 11.3. The number of aryl methyl sites for hydroxylation is 2. The summed E-state index contributed by atoms with van der Waals surface area (Å²) in [7, 11) is 2.18. The largest absolute Gasteiger partial charge is 0.382 e. The maximum atomic E-state index is 11.3. The van der Waals surface area contributed by atoms with Crippen molar-refractivity contribution in [2.45, 2.75) is 70.4 Å². The summed E-state index contributed by atoms with van der Waals surface area (Å²) in [6.07, 6.45) is 8.49. The van der Waals surface area contributed by atoms with Crippen molar-refractivity contribution in [2.24, 2.45) is 5.92 Å². The van der Waals surface area contributed by atoms with Crippen LogP contribution in [0.25, 0.3) is 0 Å². The molecule has 2 heterocycles. The van der Waals surface area contributed by atoms with Crippen LogP contribution in [-0.2, 0) is 24.7 Å². The number of hydrogen-bond acceptors (Lipinski definition) is 7. The van der Waals surface area contributed by atoms with E-state index in [4.69, 9.17) is 4.98 Å². The monoisotopic (exact) mass is 629 g/mol. The summed E-state index contributed by atoms with van der Waals surface area (Å²) in [6.45, 7) is 9.84. The van der Waals surface area contributed by atoms with Crippen molar-refractivity contribution >= 4 is 24.2 Å². The molecule has 47 heavy (non-hydrogen) atoms. The second-order valence-electron chi connectivity index (χ2n) is 14.1. The fraction of sp³-hybridized carbons (Fsp3) is 0.400. The number of rotatable bonds is 12. The average Bonchev–Trinajstić information content (AvgIpc) is 3.08. The number of nitrogens with one attached hydrogen (secondary N) is 1. The highest BCUT2D eigenvalue weighted by Crippen LogP contribution is 2.35. The molecule has 4 aromatic rings.